The first-order valence-electron chi connectivity index (χ1n) is 9.29. The second-order valence-corrected chi connectivity index (χ2v) is 9.27. The molecule has 2 amide bonds. The lowest BCUT2D eigenvalue weighted by molar-refractivity contribution is -0.135. The summed E-state index contributed by atoms with van der Waals surface area (Å²) in [5.41, 5.74) is 0.655. The highest BCUT2D eigenvalue weighted by molar-refractivity contribution is 7.94. The van der Waals surface area contributed by atoms with E-state index in [-0.39, 0.29) is 42.6 Å². The summed E-state index contributed by atoms with van der Waals surface area (Å²) < 4.78 is 33.5. The predicted molar refractivity (Wildman–Crippen MR) is 102 cm³/mol. The van der Waals surface area contributed by atoms with Gasteiger partial charge in [0, 0.05) is 48.5 Å². The van der Waals surface area contributed by atoms with E-state index in [1.807, 2.05) is 0 Å². The van der Waals surface area contributed by atoms with Crippen molar-refractivity contribution in [2.75, 3.05) is 31.0 Å². The molecule has 0 bridgehead atoms. The van der Waals surface area contributed by atoms with Crippen molar-refractivity contribution in [1.82, 2.24) is 4.90 Å². The summed E-state index contributed by atoms with van der Waals surface area (Å²) >= 11 is 0. The van der Waals surface area contributed by atoms with Gasteiger partial charge in [0.1, 0.15) is 0 Å². The maximum absolute atomic E-state index is 12.5. The minimum atomic E-state index is -3.15. The van der Waals surface area contributed by atoms with Crippen molar-refractivity contribution in [3.63, 3.8) is 0 Å². The molecule has 28 heavy (non-hydrogen) atoms. The van der Waals surface area contributed by atoms with Gasteiger partial charge >= 0.3 is 0 Å². The zero-order valence-corrected chi connectivity index (χ0v) is 16.1. The van der Waals surface area contributed by atoms with E-state index in [9.17, 15) is 18.0 Å². The molecule has 1 N–H and O–H groups in total. The van der Waals surface area contributed by atoms with Crippen LogP contribution in [0.4, 0.5) is 5.69 Å². The molecule has 0 radical (unpaired) electrons. The molecule has 3 aliphatic heterocycles. The quantitative estimate of drug-likeness (QED) is 0.814. The van der Waals surface area contributed by atoms with Crippen LogP contribution in [0, 0.1) is 11.8 Å². The number of rotatable bonds is 4. The van der Waals surface area contributed by atoms with Crippen LogP contribution < -0.4 is 14.8 Å². The highest BCUT2D eigenvalue weighted by atomic mass is 32.2. The van der Waals surface area contributed by atoms with Gasteiger partial charge in [-0.2, -0.15) is 0 Å². The molecule has 1 atom stereocenters. The average molecular weight is 406 g/mol. The number of carbonyl (C=O) groups is 2. The van der Waals surface area contributed by atoms with Crippen LogP contribution in [0.2, 0.25) is 0 Å². The fraction of sp³-hybridized carbons (Fsp3) is 0.474. The van der Waals surface area contributed by atoms with Gasteiger partial charge in [0.15, 0.2) is 21.3 Å². The SMILES string of the molecule is O=C(Nc1ccc2c(c1)OCO2)C1CCN(C(=O)CC2C=CS(=O)(=O)C2)CC1. The lowest BCUT2D eigenvalue weighted by atomic mass is 9.95. The van der Waals surface area contributed by atoms with Crippen LogP contribution >= 0.6 is 0 Å². The van der Waals surface area contributed by atoms with Crippen molar-refractivity contribution in [1.29, 1.82) is 0 Å². The van der Waals surface area contributed by atoms with Gasteiger partial charge < -0.3 is 19.7 Å². The molecule has 4 rings (SSSR count). The van der Waals surface area contributed by atoms with Gasteiger partial charge in [-0.05, 0) is 25.0 Å². The van der Waals surface area contributed by atoms with Gasteiger partial charge in [-0.25, -0.2) is 8.42 Å². The van der Waals surface area contributed by atoms with Crippen LogP contribution in [0.1, 0.15) is 19.3 Å². The van der Waals surface area contributed by atoms with Crippen LogP contribution in [0.25, 0.3) is 0 Å². The third-order valence-electron chi connectivity index (χ3n) is 5.30. The number of likely N-dealkylation sites (tertiary alicyclic amines) is 1. The second kappa shape index (κ2) is 7.46. The predicted octanol–water partition coefficient (Wildman–Crippen LogP) is 1.54. The van der Waals surface area contributed by atoms with E-state index in [4.69, 9.17) is 9.47 Å². The molecule has 1 saturated heterocycles. The maximum atomic E-state index is 12.5. The van der Waals surface area contributed by atoms with Gasteiger partial charge in [0.2, 0.25) is 18.6 Å². The number of hydrogen-bond acceptors (Lipinski definition) is 6. The third kappa shape index (κ3) is 4.14. The number of sulfone groups is 1. The smallest absolute Gasteiger partial charge is 0.231 e. The minimum absolute atomic E-state index is 0.00709. The number of benzene rings is 1. The Morgan fingerprint density at radius 1 is 1.14 bits per heavy atom. The van der Waals surface area contributed by atoms with Crippen LogP contribution in [-0.4, -0.2) is 50.8 Å². The fourth-order valence-corrected chi connectivity index (χ4v) is 5.13. The maximum Gasteiger partial charge on any atom is 0.231 e. The largest absolute Gasteiger partial charge is 0.454 e. The fourth-order valence-electron chi connectivity index (χ4n) is 3.73. The summed E-state index contributed by atoms with van der Waals surface area (Å²) in [5.74, 6) is 0.742. The molecule has 1 aromatic carbocycles. The van der Waals surface area contributed by atoms with E-state index < -0.39 is 9.84 Å². The first-order valence-corrected chi connectivity index (χ1v) is 11.0. The zero-order chi connectivity index (χ0) is 19.7. The molecule has 3 heterocycles. The van der Waals surface area contributed by atoms with Crippen molar-refractivity contribution < 1.29 is 27.5 Å². The van der Waals surface area contributed by atoms with E-state index >= 15 is 0 Å². The van der Waals surface area contributed by atoms with Gasteiger partial charge in [0.25, 0.3) is 0 Å². The number of piperidine rings is 1. The summed E-state index contributed by atoms with van der Waals surface area (Å²) in [5, 5.41) is 4.09. The molecular formula is C19H22N2O6S. The Bertz CT molecular complexity index is 918. The minimum Gasteiger partial charge on any atom is -0.454 e. The topological polar surface area (TPSA) is 102 Å². The number of allylic oxidation sites excluding steroid dienone is 1. The Balaban J connectivity index is 1.26. The summed E-state index contributed by atoms with van der Waals surface area (Å²) in [6.45, 7) is 1.18. The monoisotopic (exact) mass is 406 g/mol. The highest BCUT2D eigenvalue weighted by Gasteiger charge is 2.30. The third-order valence-corrected chi connectivity index (χ3v) is 6.76. The number of hydrogen-bond donors (Lipinski definition) is 1. The first-order chi connectivity index (χ1) is 13.4. The first kappa shape index (κ1) is 18.8. The van der Waals surface area contributed by atoms with E-state index in [1.165, 1.54) is 5.41 Å². The Morgan fingerprint density at radius 3 is 2.61 bits per heavy atom. The summed E-state index contributed by atoms with van der Waals surface area (Å²) in [7, 11) is -3.15. The van der Waals surface area contributed by atoms with Crippen LogP contribution in [-0.2, 0) is 19.4 Å². The van der Waals surface area contributed by atoms with Crippen LogP contribution in [0.15, 0.2) is 29.7 Å². The van der Waals surface area contributed by atoms with Crippen LogP contribution in [0.5, 0.6) is 11.5 Å². The van der Waals surface area contributed by atoms with E-state index in [0.717, 1.165) is 0 Å². The number of nitrogens with one attached hydrogen (secondary N) is 1. The Kier molecular flexibility index (Phi) is 5.01. The Labute approximate surface area is 163 Å². The zero-order valence-electron chi connectivity index (χ0n) is 15.3. The Morgan fingerprint density at radius 2 is 1.89 bits per heavy atom. The molecule has 1 fully saturated rings. The van der Waals surface area contributed by atoms with Gasteiger partial charge in [-0.15, -0.1) is 0 Å². The number of fused-ring (bicyclic) bond motifs is 1. The Hall–Kier alpha value is -2.55. The molecule has 0 aromatic heterocycles. The van der Waals surface area contributed by atoms with Crippen molar-refractivity contribution in [3.05, 3.63) is 29.7 Å². The normalized spacial score (nSPS) is 23.0. The van der Waals surface area contributed by atoms with E-state index in [0.29, 0.717) is 43.1 Å². The van der Waals surface area contributed by atoms with Gasteiger partial charge in [0.05, 0.1) is 5.75 Å². The highest BCUT2D eigenvalue weighted by Crippen LogP contribution is 2.34. The van der Waals surface area contributed by atoms with Crippen molar-refractivity contribution in [3.8, 4) is 11.5 Å². The number of amides is 2. The lowest BCUT2D eigenvalue weighted by Crippen LogP contribution is -2.42. The van der Waals surface area contributed by atoms with E-state index in [1.54, 1.807) is 29.2 Å². The molecule has 1 aromatic rings. The standard InChI is InChI=1S/C19H22N2O6S/c22-18(9-13-5-8-28(24,25)11-13)21-6-3-14(4-7-21)19(23)20-15-1-2-16-17(10-15)27-12-26-16/h1-2,5,8,10,13-14H,3-4,6-7,9,11-12H2,(H,20,23). The van der Waals surface area contributed by atoms with Gasteiger partial charge in [-0.3, -0.25) is 9.59 Å². The number of nitrogens with zero attached hydrogens (tertiary/aromatic N) is 1. The summed E-state index contributed by atoms with van der Waals surface area (Å²) in [6, 6.07) is 5.27. The second-order valence-electron chi connectivity index (χ2n) is 7.33. The number of ether oxygens (including phenoxy) is 2. The molecule has 8 nitrogen and oxygen atoms in total. The van der Waals surface area contributed by atoms with Crippen molar-refractivity contribution in [2.45, 2.75) is 19.3 Å². The number of carbonyl (C=O) groups excluding carboxylic acids is 2. The molecule has 150 valence electrons. The number of anilines is 1. The molecule has 3 aliphatic rings. The summed E-state index contributed by atoms with van der Waals surface area (Å²) in [6.07, 6.45) is 2.96. The van der Waals surface area contributed by atoms with Gasteiger partial charge in [-0.1, -0.05) is 6.08 Å². The van der Waals surface area contributed by atoms with Crippen molar-refractivity contribution in [2.24, 2.45) is 11.8 Å². The molecular weight excluding hydrogens is 384 g/mol. The van der Waals surface area contributed by atoms with Crippen LogP contribution in [0.3, 0.4) is 0 Å². The van der Waals surface area contributed by atoms with E-state index in [2.05, 4.69) is 5.32 Å². The molecule has 0 spiro atoms. The molecule has 9 heteroatoms. The molecule has 0 aliphatic carbocycles. The molecule has 1 unspecified atom stereocenters. The average Bonchev–Trinajstić information content (AvgIpc) is 3.27. The lowest BCUT2D eigenvalue weighted by Gasteiger charge is -2.32. The van der Waals surface area contributed by atoms with Crippen molar-refractivity contribution >= 4 is 27.3 Å². The summed E-state index contributed by atoms with van der Waals surface area (Å²) in [4.78, 5) is 26.7. The molecule has 0 saturated carbocycles.